The predicted molar refractivity (Wildman–Crippen MR) is 114 cm³/mol. The van der Waals surface area contributed by atoms with Crippen LogP contribution in [0.3, 0.4) is 0 Å². The van der Waals surface area contributed by atoms with Crippen molar-refractivity contribution in [1.82, 2.24) is 9.97 Å². The molecule has 2 N–H and O–H groups in total. The van der Waals surface area contributed by atoms with Crippen molar-refractivity contribution in [2.45, 2.75) is 0 Å². The molecule has 0 unspecified atom stereocenters. The van der Waals surface area contributed by atoms with Crippen LogP contribution in [0.1, 0.15) is 0 Å². The van der Waals surface area contributed by atoms with Crippen LogP contribution < -0.4 is 14.8 Å². The number of phenols is 1. The van der Waals surface area contributed by atoms with E-state index in [4.69, 9.17) is 9.47 Å². The summed E-state index contributed by atoms with van der Waals surface area (Å²) in [4.78, 5) is 19.9. The third-order valence-corrected chi connectivity index (χ3v) is 5.40. The minimum Gasteiger partial charge on any atom is -0.506 e. The number of hydrogen-bond donors (Lipinski definition) is 2. The number of anilines is 2. The van der Waals surface area contributed by atoms with Gasteiger partial charge in [0.05, 0.1) is 30.2 Å². The molecule has 0 aliphatic heterocycles. The zero-order chi connectivity index (χ0) is 21.3. The highest BCUT2D eigenvalue weighted by Gasteiger charge is 2.17. The normalized spacial score (nSPS) is 10.7. The van der Waals surface area contributed by atoms with E-state index in [1.54, 1.807) is 20.3 Å². The van der Waals surface area contributed by atoms with Crippen molar-refractivity contribution in [3.63, 3.8) is 0 Å². The Bertz CT molecular complexity index is 1260. The van der Waals surface area contributed by atoms with Crippen LogP contribution in [0.4, 0.5) is 17.2 Å². The largest absolute Gasteiger partial charge is 0.506 e. The summed E-state index contributed by atoms with van der Waals surface area (Å²) >= 11 is 1.44. The van der Waals surface area contributed by atoms with Crippen molar-refractivity contribution < 1.29 is 19.5 Å². The summed E-state index contributed by atoms with van der Waals surface area (Å²) in [6, 6.07) is 9.30. The fourth-order valence-corrected chi connectivity index (χ4v) is 3.97. The van der Waals surface area contributed by atoms with E-state index in [2.05, 4.69) is 15.3 Å². The Hall–Kier alpha value is -3.92. The van der Waals surface area contributed by atoms with Crippen LogP contribution in [0.2, 0.25) is 0 Å². The number of aromatic hydroxyl groups is 1. The number of rotatable bonds is 6. The third kappa shape index (κ3) is 3.44. The molecule has 4 aromatic rings. The molecule has 9 nitrogen and oxygen atoms in total. The molecule has 152 valence electrons. The molecule has 0 bridgehead atoms. The molecule has 2 aromatic heterocycles. The molecule has 0 saturated carbocycles. The highest BCUT2D eigenvalue weighted by molar-refractivity contribution is 7.17. The quantitative estimate of drug-likeness (QED) is 0.259. The van der Waals surface area contributed by atoms with Crippen LogP contribution >= 0.6 is 11.3 Å². The van der Waals surface area contributed by atoms with E-state index in [1.807, 2.05) is 17.5 Å². The van der Waals surface area contributed by atoms with Crippen molar-refractivity contribution in [3.05, 3.63) is 58.2 Å². The van der Waals surface area contributed by atoms with Gasteiger partial charge in [-0.1, -0.05) is 6.07 Å². The standard InChI is InChI=1S/C20H16N4O5S/c1-28-16-6-3-11(7-17(16)29-2)13-9-30-20-18(13)19(21-10-22-20)23-14-8-12(24(26)27)4-5-15(14)25/h3-10,25H,1-2H3,(H,21,22,23). The first-order valence-corrected chi connectivity index (χ1v) is 9.58. The highest BCUT2D eigenvalue weighted by Crippen LogP contribution is 2.41. The molecule has 0 aliphatic carbocycles. The maximum atomic E-state index is 11.1. The number of thiophene rings is 1. The Labute approximate surface area is 174 Å². The van der Waals surface area contributed by atoms with Crippen molar-refractivity contribution in [2.24, 2.45) is 0 Å². The molecule has 0 radical (unpaired) electrons. The molecule has 30 heavy (non-hydrogen) atoms. The van der Waals surface area contributed by atoms with Crippen LogP contribution in [0.25, 0.3) is 21.3 Å². The van der Waals surface area contributed by atoms with E-state index < -0.39 is 4.92 Å². The minimum absolute atomic E-state index is 0.129. The number of fused-ring (bicyclic) bond motifs is 1. The first kappa shape index (κ1) is 19.4. The monoisotopic (exact) mass is 424 g/mol. The number of nitrogens with one attached hydrogen (secondary N) is 1. The van der Waals surface area contributed by atoms with Gasteiger partial charge in [-0.25, -0.2) is 9.97 Å². The topological polar surface area (TPSA) is 120 Å². The lowest BCUT2D eigenvalue weighted by Crippen LogP contribution is -1.97. The van der Waals surface area contributed by atoms with Gasteiger partial charge >= 0.3 is 0 Å². The van der Waals surface area contributed by atoms with Crippen molar-refractivity contribution in [2.75, 3.05) is 19.5 Å². The summed E-state index contributed by atoms with van der Waals surface area (Å²) in [6.07, 6.45) is 1.40. The molecule has 0 fully saturated rings. The maximum Gasteiger partial charge on any atom is 0.271 e. The number of nitrogens with zero attached hydrogens (tertiary/aromatic N) is 3. The molecular weight excluding hydrogens is 408 g/mol. The number of phenolic OH excluding ortho intramolecular Hbond substituents is 1. The van der Waals surface area contributed by atoms with E-state index >= 15 is 0 Å². The van der Waals surface area contributed by atoms with Gasteiger partial charge in [0.2, 0.25) is 0 Å². The second kappa shape index (κ2) is 7.84. The number of benzene rings is 2. The summed E-state index contributed by atoms with van der Waals surface area (Å²) in [7, 11) is 3.13. The van der Waals surface area contributed by atoms with Gasteiger partial charge in [0, 0.05) is 23.1 Å². The first-order chi connectivity index (χ1) is 14.5. The third-order valence-electron chi connectivity index (χ3n) is 4.51. The fraction of sp³-hybridized carbons (Fsp3) is 0.100. The Morgan fingerprint density at radius 2 is 1.90 bits per heavy atom. The smallest absolute Gasteiger partial charge is 0.271 e. The van der Waals surface area contributed by atoms with Crippen LogP contribution in [-0.2, 0) is 0 Å². The molecular formula is C20H16N4O5S. The lowest BCUT2D eigenvalue weighted by molar-refractivity contribution is -0.384. The second-order valence-electron chi connectivity index (χ2n) is 6.21. The van der Waals surface area contributed by atoms with E-state index in [9.17, 15) is 15.2 Å². The van der Waals surface area contributed by atoms with Crippen LogP contribution in [0, 0.1) is 10.1 Å². The van der Waals surface area contributed by atoms with Gasteiger partial charge in [0.15, 0.2) is 11.5 Å². The molecule has 0 aliphatic rings. The summed E-state index contributed by atoms with van der Waals surface area (Å²) in [5.74, 6) is 1.48. The molecule has 2 heterocycles. The Morgan fingerprint density at radius 1 is 1.10 bits per heavy atom. The van der Waals surface area contributed by atoms with Gasteiger partial charge in [-0.15, -0.1) is 11.3 Å². The number of ether oxygens (including phenoxy) is 2. The number of non-ortho nitro benzene ring substituents is 1. The fourth-order valence-electron chi connectivity index (χ4n) is 3.05. The molecule has 0 spiro atoms. The van der Waals surface area contributed by atoms with E-state index in [0.717, 1.165) is 21.3 Å². The van der Waals surface area contributed by atoms with Gasteiger partial charge in [-0.2, -0.15) is 0 Å². The lowest BCUT2D eigenvalue weighted by Gasteiger charge is -2.11. The number of aromatic nitrogens is 2. The summed E-state index contributed by atoms with van der Waals surface area (Å²) < 4.78 is 10.7. The summed E-state index contributed by atoms with van der Waals surface area (Å²) in [5, 5.41) is 26.9. The maximum absolute atomic E-state index is 11.1. The molecule has 10 heteroatoms. The summed E-state index contributed by atoms with van der Waals surface area (Å²) in [6.45, 7) is 0. The van der Waals surface area contributed by atoms with Crippen LogP contribution in [0.5, 0.6) is 17.2 Å². The first-order valence-electron chi connectivity index (χ1n) is 8.71. The van der Waals surface area contributed by atoms with Crippen LogP contribution in [-0.4, -0.2) is 34.2 Å². The molecule has 0 saturated heterocycles. The Kier molecular flexibility index (Phi) is 5.07. The lowest BCUT2D eigenvalue weighted by atomic mass is 10.1. The molecule has 0 atom stereocenters. The van der Waals surface area contributed by atoms with E-state index in [-0.39, 0.29) is 17.1 Å². The highest BCUT2D eigenvalue weighted by atomic mass is 32.1. The average Bonchev–Trinajstić information content (AvgIpc) is 3.19. The van der Waals surface area contributed by atoms with Gasteiger partial charge in [-0.3, -0.25) is 10.1 Å². The Balaban J connectivity index is 1.83. The number of hydrogen-bond acceptors (Lipinski definition) is 9. The minimum atomic E-state index is -0.528. The van der Waals surface area contributed by atoms with Crippen molar-refractivity contribution in [1.29, 1.82) is 0 Å². The molecule has 4 rings (SSSR count). The van der Waals surface area contributed by atoms with Crippen molar-refractivity contribution >= 4 is 38.7 Å². The van der Waals surface area contributed by atoms with E-state index in [1.165, 1.54) is 35.9 Å². The second-order valence-corrected chi connectivity index (χ2v) is 7.06. The van der Waals surface area contributed by atoms with Gasteiger partial charge in [0.1, 0.15) is 22.7 Å². The van der Waals surface area contributed by atoms with Crippen molar-refractivity contribution in [3.8, 4) is 28.4 Å². The SMILES string of the molecule is COc1ccc(-c2csc3ncnc(Nc4cc([N+](=O)[O-])ccc4O)c23)cc1OC. The number of methoxy groups -OCH3 is 2. The number of nitro groups is 1. The predicted octanol–water partition coefficient (Wildman–Crippen LogP) is 4.73. The number of nitro benzene ring substituents is 1. The summed E-state index contributed by atoms with van der Waals surface area (Å²) in [5.41, 5.74) is 1.74. The molecule has 2 aromatic carbocycles. The molecule has 0 amide bonds. The van der Waals surface area contributed by atoms with Gasteiger partial charge in [0.25, 0.3) is 5.69 Å². The average molecular weight is 424 g/mol. The zero-order valence-electron chi connectivity index (χ0n) is 15.9. The zero-order valence-corrected chi connectivity index (χ0v) is 16.8. The van der Waals surface area contributed by atoms with Crippen LogP contribution in [0.15, 0.2) is 48.1 Å². The van der Waals surface area contributed by atoms with E-state index in [0.29, 0.717) is 17.3 Å². The van der Waals surface area contributed by atoms with Gasteiger partial charge in [-0.05, 0) is 23.8 Å². The Morgan fingerprint density at radius 3 is 2.63 bits per heavy atom. The van der Waals surface area contributed by atoms with Gasteiger partial charge < -0.3 is 19.9 Å².